The number of aliphatic hydroxyl groups excluding tert-OH is 1. The lowest BCUT2D eigenvalue weighted by Gasteiger charge is -2.29. The molecule has 8 heteroatoms. The summed E-state index contributed by atoms with van der Waals surface area (Å²) in [5.74, 6) is 1.01. The van der Waals surface area contributed by atoms with E-state index in [1.807, 2.05) is 17.5 Å². The van der Waals surface area contributed by atoms with Gasteiger partial charge in [0.05, 0.1) is 11.5 Å². The highest BCUT2D eigenvalue weighted by atomic mass is 35.5. The molecule has 1 fully saturated rings. The van der Waals surface area contributed by atoms with Gasteiger partial charge in [-0.15, -0.1) is 11.3 Å². The minimum Gasteiger partial charge on any atom is -0.491 e. The summed E-state index contributed by atoms with van der Waals surface area (Å²) in [6.45, 7) is 1.14. The maximum atomic E-state index is 11.8. The van der Waals surface area contributed by atoms with E-state index < -0.39 is 15.9 Å². The number of halogens is 1. The zero-order valence-electron chi connectivity index (χ0n) is 14.3. The van der Waals surface area contributed by atoms with Crippen molar-refractivity contribution in [2.75, 3.05) is 24.7 Å². The van der Waals surface area contributed by atoms with E-state index in [2.05, 4.69) is 4.90 Å². The molecule has 0 bridgehead atoms. The van der Waals surface area contributed by atoms with Gasteiger partial charge in [0.1, 0.15) is 18.5 Å². The Morgan fingerprint density at radius 1 is 1.31 bits per heavy atom. The number of sulfone groups is 1. The van der Waals surface area contributed by atoms with Crippen LogP contribution < -0.4 is 4.74 Å². The normalized spacial score (nSPS) is 20.3. The molecule has 1 aliphatic rings. The highest BCUT2D eigenvalue weighted by Gasteiger charge is 2.33. The van der Waals surface area contributed by atoms with Gasteiger partial charge >= 0.3 is 0 Å². The molecule has 5 nitrogen and oxygen atoms in total. The van der Waals surface area contributed by atoms with Crippen molar-refractivity contribution in [3.05, 3.63) is 51.7 Å². The lowest BCUT2D eigenvalue weighted by molar-refractivity contribution is 0.0529. The van der Waals surface area contributed by atoms with Crippen LogP contribution in [0.2, 0.25) is 5.02 Å². The number of rotatable bonds is 8. The van der Waals surface area contributed by atoms with Crippen molar-refractivity contribution < 1.29 is 18.3 Å². The first-order valence-corrected chi connectivity index (χ1v) is 11.5. The maximum Gasteiger partial charge on any atom is 0.151 e. The maximum absolute atomic E-state index is 11.8. The van der Waals surface area contributed by atoms with Crippen LogP contribution in [0.25, 0.3) is 0 Å². The number of ether oxygens (including phenoxy) is 1. The van der Waals surface area contributed by atoms with Gasteiger partial charge in [0.2, 0.25) is 0 Å². The largest absolute Gasteiger partial charge is 0.491 e. The van der Waals surface area contributed by atoms with Crippen molar-refractivity contribution in [1.29, 1.82) is 0 Å². The number of hydrogen-bond acceptors (Lipinski definition) is 6. The Morgan fingerprint density at radius 3 is 2.69 bits per heavy atom. The molecule has 0 unspecified atom stereocenters. The van der Waals surface area contributed by atoms with E-state index in [1.54, 1.807) is 35.6 Å². The third-order valence-corrected chi connectivity index (χ3v) is 7.23. The highest BCUT2D eigenvalue weighted by molar-refractivity contribution is 7.91. The molecule has 1 aliphatic heterocycles. The van der Waals surface area contributed by atoms with Gasteiger partial charge < -0.3 is 9.84 Å². The predicted octanol–water partition coefficient (Wildman–Crippen LogP) is 2.83. The summed E-state index contributed by atoms with van der Waals surface area (Å²) in [7, 11) is -2.98. The Morgan fingerprint density at radius 2 is 2.08 bits per heavy atom. The molecule has 0 saturated carbocycles. The van der Waals surface area contributed by atoms with Gasteiger partial charge in [0.25, 0.3) is 0 Å². The molecular weight excluding hydrogens is 394 g/mol. The van der Waals surface area contributed by atoms with Crippen molar-refractivity contribution in [1.82, 2.24) is 4.90 Å². The molecule has 2 atom stereocenters. The average Bonchev–Trinajstić information content (AvgIpc) is 3.23. The van der Waals surface area contributed by atoms with E-state index in [0.29, 0.717) is 30.3 Å². The second-order valence-electron chi connectivity index (χ2n) is 6.48. The zero-order valence-corrected chi connectivity index (χ0v) is 16.6. The van der Waals surface area contributed by atoms with Crippen LogP contribution in [0.4, 0.5) is 0 Å². The zero-order chi connectivity index (χ0) is 18.6. The summed E-state index contributed by atoms with van der Waals surface area (Å²) in [5.41, 5.74) is 0. The molecule has 3 rings (SSSR count). The first kappa shape index (κ1) is 19.6. The average molecular weight is 416 g/mol. The Labute approximate surface area is 163 Å². The standard InChI is InChI=1S/C18H22ClNO4S2/c19-14-3-5-17(6-4-14)24-12-16(21)10-20(11-18-2-1-8-25-18)15-7-9-26(22,23)13-15/h1-6,8,15-16,21H,7,9-13H2/t15-,16-/m1/s1. The Balaban J connectivity index is 1.59. The summed E-state index contributed by atoms with van der Waals surface area (Å²) < 4.78 is 29.3. The van der Waals surface area contributed by atoms with Crippen LogP contribution >= 0.6 is 22.9 Å². The fraction of sp³-hybridized carbons (Fsp3) is 0.444. The lowest BCUT2D eigenvalue weighted by atomic mass is 10.2. The van der Waals surface area contributed by atoms with Gasteiger partial charge in [0.15, 0.2) is 9.84 Å². The first-order valence-electron chi connectivity index (χ1n) is 8.44. The molecule has 1 saturated heterocycles. The molecule has 142 valence electrons. The SMILES string of the molecule is O=S1(=O)CC[C@@H](N(Cc2cccs2)C[C@@H](O)COc2ccc(Cl)cc2)C1. The van der Waals surface area contributed by atoms with Gasteiger partial charge in [-0.3, -0.25) is 4.90 Å². The van der Waals surface area contributed by atoms with Crippen LogP contribution in [0.1, 0.15) is 11.3 Å². The summed E-state index contributed by atoms with van der Waals surface area (Å²) in [5, 5.41) is 13.0. The highest BCUT2D eigenvalue weighted by Crippen LogP contribution is 2.22. The minimum atomic E-state index is -2.98. The molecule has 2 aromatic rings. The van der Waals surface area contributed by atoms with Gasteiger partial charge in [-0.1, -0.05) is 17.7 Å². The van der Waals surface area contributed by atoms with Crippen molar-refractivity contribution in [2.24, 2.45) is 0 Å². The number of benzene rings is 1. The van der Waals surface area contributed by atoms with Crippen LogP contribution in [-0.4, -0.2) is 55.2 Å². The molecule has 1 aromatic heterocycles. The third-order valence-electron chi connectivity index (χ3n) is 4.37. The fourth-order valence-electron chi connectivity index (χ4n) is 3.06. The monoisotopic (exact) mass is 415 g/mol. The summed E-state index contributed by atoms with van der Waals surface area (Å²) in [4.78, 5) is 3.21. The molecule has 2 heterocycles. The van der Waals surface area contributed by atoms with Gasteiger partial charge in [-0.25, -0.2) is 8.42 Å². The van der Waals surface area contributed by atoms with Gasteiger partial charge in [0, 0.05) is 29.0 Å². The topological polar surface area (TPSA) is 66.8 Å². The smallest absolute Gasteiger partial charge is 0.151 e. The van der Waals surface area contributed by atoms with E-state index in [1.165, 1.54) is 0 Å². The second-order valence-corrected chi connectivity index (χ2v) is 10.2. The molecule has 0 spiro atoms. The summed E-state index contributed by atoms with van der Waals surface area (Å²) in [6.07, 6.45) is -0.104. The summed E-state index contributed by atoms with van der Waals surface area (Å²) >= 11 is 7.48. The number of aliphatic hydroxyl groups is 1. The quantitative estimate of drug-likeness (QED) is 0.718. The van der Waals surface area contributed by atoms with Crippen molar-refractivity contribution in [3.8, 4) is 5.75 Å². The lowest BCUT2D eigenvalue weighted by Crippen LogP contribution is -2.42. The Bertz CT molecular complexity index is 793. The number of nitrogens with zero attached hydrogens (tertiary/aromatic N) is 1. The molecule has 1 N–H and O–H groups in total. The Hall–Kier alpha value is -1.12. The molecule has 1 aromatic carbocycles. The van der Waals surface area contributed by atoms with Crippen LogP contribution in [0.3, 0.4) is 0 Å². The van der Waals surface area contributed by atoms with Crippen molar-refractivity contribution in [2.45, 2.75) is 25.1 Å². The van der Waals surface area contributed by atoms with E-state index in [0.717, 1.165) is 4.88 Å². The first-order chi connectivity index (χ1) is 12.4. The van der Waals surface area contributed by atoms with Crippen LogP contribution in [-0.2, 0) is 16.4 Å². The fourth-order valence-corrected chi connectivity index (χ4v) is 5.67. The molecule has 0 aliphatic carbocycles. The molecular formula is C18H22ClNO4S2. The van der Waals surface area contributed by atoms with Crippen LogP contribution in [0.15, 0.2) is 41.8 Å². The second kappa shape index (κ2) is 8.71. The Kier molecular flexibility index (Phi) is 6.58. The van der Waals surface area contributed by atoms with Gasteiger partial charge in [-0.2, -0.15) is 0 Å². The third kappa shape index (κ3) is 5.69. The number of hydrogen-bond donors (Lipinski definition) is 1. The van der Waals surface area contributed by atoms with E-state index in [9.17, 15) is 13.5 Å². The van der Waals surface area contributed by atoms with E-state index in [-0.39, 0.29) is 24.2 Å². The number of thiophene rings is 1. The molecule has 0 amide bonds. The summed E-state index contributed by atoms with van der Waals surface area (Å²) in [6, 6.07) is 10.9. The van der Waals surface area contributed by atoms with Crippen LogP contribution in [0, 0.1) is 0 Å². The van der Waals surface area contributed by atoms with E-state index >= 15 is 0 Å². The molecule has 26 heavy (non-hydrogen) atoms. The predicted molar refractivity (Wildman–Crippen MR) is 105 cm³/mol. The van der Waals surface area contributed by atoms with E-state index in [4.69, 9.17) is 16.3 Å². The minimum absolute atomic E-state index is 0.0627. The van der Waals surface area contributed by atoms with Crippen molar-refractivity contribution in [3.63, 3.8) is 0 Å². The van der Waals surface area contributed by atoms with Crippen LogP contribution in [0.5, 0.6) is 5.75 Å². The molecule has 0 radical (unpaired) electrons. The van der Waals surface area contributed by atoms with Gasteiger partial charge in [-0.05, 0) is 42.1 Å². The van der Waals surface area contributed by atoms with Crippen molar-refractivity contribution >= 4 is 32.8 Å².